The maximum absolute atomic E-state index is 8.38. The predicted octanol–water partition coefficient (Wildman–Crippen LogP) is 0.156. The summed E-state index contributed by atoms with van der Waals surface area (Å²) in [5, 5.41) is 8.38. The molecule has 0 radical (unpaired) electrons. The molecule has 0 aromatic heterocycles. The highest BCUT2D eigenvalue weighted by molar-refractivity contribution is 4.81. The van der Waals surface area contributed by atoms with Gasteiger partial charge >= 0.3 is 0 Å². The van der Waals surface area contributed by atoms with Crippen molar-refractivity contribution in [2.24, 2.45) is 0 Å². The summed E-state index contributed by atoms with van der Waals surface area (Å²) < 4.78 is 4.97. The van der Waals surface area contributed by atoms with E-state index in [4.69, 9.17) is 9.84 Å². The first-order valence-corrected chi connectivity index (χ1v) is 2.64. The molecule has 0 amide bonds. The van der Waals surface area contributed by atoms with Crippen LogP contribution in [0.2, 0.25) is 0 Å². The average Bonchev–Trinajstić information content (AvgIpc) is 2.43. The lowest BCUT2D eigenvalue weighted by Crippen LogP contribution is -1.96. The van der Waals surface area contributed by atoms with Gasteiger partial charge in [-0.05, 0) is 6.42 Å². The van der Waals surface area contributed by atoms with Gasteiger partial charge in [0.1, 0.15) is 6.10 Å². The fourth-order valence-corrected chi connectivity index (χ4v) is 0.699. The first-order chi connectivity index (χ1) is 3.38. The molecule has 1 aliphatic rings. The molecule has 1 aliphatic heterocycles. The van der Waals surface area contributed by atoms with Crippen LogP contribution in [0.15, 0.2) is 0 Å². The van der Waals surface area contributed by atoms with Crippen LogP contribution in [-0.4, -0.2) is 23.9 Å². The van der Waals surface area contributed by atoms with Crippen molar-refractivity contribution in [2.45, 2.75) is 25.6 Å². The smallest absolute Gasteiger partial charge is 0.107 e. The van der Waals surface area contributed by atoms with Gasteiger partial charge in [0.15, 0.2) is 0 Å². The third-order valence-electron chi connectivity index (χ3n) is 1.27. The van der Waals surface area contributed by atoms with E-state index in [-0.39, 0.29) is 12.7 Å². The minimum atomic E-state index is 0.171. The summed E-state index contributed by atoms with van der Waals surface area (Å²) in [4.78, 5) is 0. The van der Waals surface area contributed by atoms with Crippen molar-refractivity contribution < 1.29 is 9.84 Å². The van der Waals surface area contributed by atoms with E-state index in [0.29, 0.717) is 6.10 Å². The maximum Gasteiger partial charge on any atom is 0.107 e. The monoisotopic (exact) mass is 102 g/mol. The lowest BCUT2D eigenvalue weighted by molar-refractivity contribution is 0.242. The van der Waals surface area contributed by atoms with Crippen LogP contribution in [0, 0.1) is 0 Å². The zero-order valence-electron chi connectivity index (χ0n) is 4.42. The molecular formula is C5H10O2. The molecule has 0 aromatic rings. The van der Waals surface area contributed by atoms with Crippen LogP contribution in [0.5, 0.6) is 0 Å². The summed E-state index contributed by atoms with van der Waals surface area (Å²) in [6.07, 6.45) is 1.57. The summed E-state index contributed by atoms with van der Waals surface area (Å²) in [5.74, 6) is 0. The minimum absolute atomic E-state index is 0.171. The Morgan fingerprint density at radius 2 is 2.29 bits per heavy atom. The zero-order chi connectivity index (χ0) is 5.28. The van der Waals surface area contributed by atoms with Gasteiger partial charge in [0, 0.05) is 0 Å². The van der Waals surface area contributed by atoms with Crippen LogP contribution in [0.4, 0.5) is 0 Å². The van der Waals surface area contributed by atoms with Gasteiger partial charge in [-0.1, -0.05) is 6.92 Å². The minimum Gasteiger partial charge on any atom is -0.394 e. The number of epoxide rings is 1. The quantitative estimate of drug-likeness (QED) is 0.503. The summed E-state index contributed by atoms with van der Waals surface area (Å²) in [6.45, 7) is 2.25. The topological polar surface area (TPSA) is 32.8 Å². The molecule has 1 heterocycles. The first-order valence-electron chi connectivity index (χ1n) is 2.64. The maximum atomic E-state index is 8.38. The lowest BCUT2D eigenvalue weighted by atomic mass is 10.3. The molecule has 0 saturated carbocycles. The SMILES string of the molecule is CC[C@@H]1O[C@@H]1CO. The van der Waals surface area contributed by atoms with E-state index in [2.05, 4.69) is 6.92 Å². The molecule has 42 valence electrons. The van der Waals surface area contributed by atoms with E-state index >= 15 is 0 Å². The molecule has 0 unspecified atom stereocenters. The summed E-state index contributed by atoms with van der Waals surface area (Å²) in [6, 6.07) is 0. The van der Waals surface area contributed by atoms with Crippen LogP contribution in [0.3, 0.4) is 0 Å². The summed E-state index contributed by atoms with van der Waals surface area (Å²) in [7, 11) is 0. The second-order valence-electron chi connectivity index (χ2n) is 1.80. The van der Waals surface area contributed by atoms with Crippen molar-refractivity contribution >= 4 is 0 Å². The van der Waals surface area contributed by atoms with E-state index < -0.39 is 0 Å². The normalized spacial score (nSPS) is 38.6. The standard InChI is InChI=1S/C5H10O2/c1-2-4-5(3-6)7-4/h4-6H,2-3H2,1H3/t4-,5+/m0/s1. The Hall–Kier alpha value is -0.0800. The molecule has 1 rings (SSSR count). The van der Waals surface area contributed by atoms with Crippen LogP contribution >= 0.6 is 0 Å². The van der Waals surface area contributed by atoms with Gasteiger partial charge in [-0.3, -0.25) is 0 Å². The van der Waals surface area contributed by atoms with E-state index in [1.165, 1.54) is 0 Å². The molecule has 1 saturated heterocycles. The molecule has 2 atom stereocenters. The van der Waals surface area contributed by atoms with E-state index in [0.717, 1.165) is 6.42 Å². The van der Waals surface area contributed by atoms with Crippen molar-refractivity contribution in [2.75, 3.05) is 6.61 Å². The second-order valence-corrected chi connectivity index (χ2v) is 1.80. The molecule has 0 aromatic carbocycles. The van der Waals surface area contributed by atoms with E-state index in [1.807, 2.05) is 0 Å². The molecule has 1 fully saturated rings. The van der Waals surface area contributed by atoms with Crippen LogP contribution in [-0.2, 0) is 4.74 Å². The molecule has 7 heavy (non-hydrogen) atoms. The Bertz CT molecular complexity index is 55.1. The Morgan fingerprint density at radius 1 is 1.57 bits per heavy atom. The molecule has 0 bridgehead atoms. The Balaban J connectivity index is 2.06. The highest BCUT2D eigenvalue weighted by atomic mass is 16.6. The van der Waals surface area contributed by atoms with Crippen molar-refractivity contribution in [1.29, 1.82) is 0 Å². The van der Waals surface area contributed by atoms with Crippen molar-refractivity contribution in [3.63, 3.8) is 0 Å². The second kappa shape index (κ2) is 1.80. The number of hydrogen-bond donors (Lipinski definition) is 1. The molecule has 1 N–H and O–H groups in total. The number of aliphatic hydroxyl groups is 1. The number of ether oxygens (including phenoxy) is 1. The Kier molecular flexibility index (Phi) is 1.30. The van der Waals surface area contributed by atoms with Crippen molar-refractivity contribution in [1.82, 2.24) is 0 Å². The number of aliphatic hydroxyl groups excluding tert-OH is 1. The fourth-order valence-electron chi connectivity index (χ4n) is 0.699. The first kappa shape index (κ1) is 5.06. The highest BCUT2D eigenvalue weighted by Gasteiger charge is 2.35. The molecule has 2 nitrogen and oxygen atoms in total. The number of rotatable bonds is 2. The van der Waals surface area contributed by atoms with Gasteiger partial charge < -0.3 is 9.84 Å². The molecule has 0 aliphatic carbocycles. The van der Waals surface area contributed by atoms with Crippen LogP contribution in [0.1, 0.15) is 13.3 Å². The van der Waals surface area contributed by atoms with Crippen molar-refractivity contribution in [3.8, 4) is 0 Å². The Morgan fingerprint density at radius 3 is 2.43 bits per heavy atom. The highest BCUT2D eigenvalue weighted by Crippen LogP contribution is 2.23. The molecule has 0 spiro atoms. The van der Waals surface area contributed by atoms with Gasteiger partial charge in [0.05, 0.1) is 12.7 Å². The largest absolute Gasteiger partial charge is 0.394 e. The fraction of sp³-hybridized carbons (Fsp3) is 1.00. The molecule has 2 heteroatoms. The third-order valence-corrected chi connectivity index (χ3v) is 1.27. The van der Waals surface area contributed by atoms with Gasteiger partial charge in [-0.25, -0.2) is 0 Å². The van der Waals surface area contributed by atoms with Gasteiger partial charge in [0.2, 0.25) is 0 Å². The predicted molar refractivity (Wildman–Crippen MR) is 26.0 cm³/mol. The van der Waals surface area contributed by atoms with Gasteiger partial charge in [0.25, 0.3) is 0 Å². The summed E-state index contributed by atoms with van der Waals surface area (Å²) >= 11 is 0. The lowest BCUT2D eigenvalue weighted by Gasteiger charge is -1.78. The molecular weight excluding hydrogens is 92.1 g/mol. The van der Waals surface area contributed by atoms with Crippen molar-refractivity contribution in [3.05, 3.63) is 0 Å². The van der Waals surface area contributed by atoms with Crippen LogP contribution < -0.4 is 0 Å². The zero-order valence-corrected chi connectivity index (χ0v) is 4.42. The average molecular weight is 102 g/mol. The van der Waals surface area contributed by atoms with Crippen LogP contribution in [0.25, 0.3) is 0 Å². The number of hydrogen-bond acceptors (Lipinski definition) is 2. The Labute approximate surface area is 43.1 Å². The summed E-state index contributed by atoms with van der Waals surface area (Å²) in [5.41, 5.74) is 0. The van der Waals surface area contributed by atoms with Gasteiger partial charge in [-0.2, -0.15) is 0 Å². The van der Waals surface area contributed by atoms with E-state index in [9.17, 15) is 0 Å². The van der Waals surface area contributed by atoms with Gasteiger partial charge in [-0.15, -0.1) is 0 Å². The van der Waals surface area contributed by atoms with E-state index in [1.54, 1.807) is 0 Å². The third kappa shape index (κ3) is 0.924.